The molecule has 0 bridgehead atoms. The van der Waals surface area contributed by atoms with Gasteiger partial charge in [-0.3, -0.25) is 0 Å². The molecule has 0 saturated heterocycles. The molecule has 2 aromatic heterocycles. The van der Waals surface area contributed by atoms with Crippen LogP contribution in [0, 0.1) is 0 Å². The van der Waals surface area contributed by atoms with Crippen LogP contribution in [0.5, 0.6) is 0 Å². The lowest BCUT2D eigenvalue weighted by atomic mass is 10.2. The van der Waals surface area contributed by atoms with Crippen LogP contribution in [0.2, 0.25) is 0 Å². The average molecular weight is 328 g/mol. The number of aromatic nitrogens is 4. The second kappa shape index (κ2) is 7.71. The molecule has 0 atom stereocenters. The molecule has 0 fully saturated rings. The first-order valence-electron chi connectivity index (χ1n) is 7.78. The maximum atomic E-state index is 9.17. The van der Waals surface area contributed by atoms with Crippen LogP contribution in [0.1, 0.15) is 5.56 Å². The standard InChI is InChI=1S/C16H20N6O2/c23-8-6-17-16-20-14(18-10-12-4-2-1-3-5-12)13-15(21-16)22(7-9-24)11-19-13/h1-5,11,23-24H,6-10H2,(H2,17,18,20,21). The highest BCUT2D eigenvalue weighted by atomic mass is 16.3. The Balaban J connectivity index is 1.91. The molecule has 3 rings (SSSR count). The predicted octanol–water partition coefficient (Wildman–Crippen LogP) is 0.835. The van der Waals surface area contributed by atoms with Crippen molar-refractivity contribution in [3.63, 3.8) is 0 Å². The number of nitrogens with one attached hydrogen (secondary N) is 2. The Morgan fingerprint density at radius 3 is 2.58 bits per heavy atom. The summed E-state index contributed by atoms with van der Waals surface area (Å²) in [6.45, 7) is 1.37. The average Bonchev–Trinajstić information content (AvgIpc) is 3.02. The van der Waals surface area contributed by atoms with Gasteiger partial charge in [-0.15, -0.1) is 0 Å². The molecule has 1 aromatic carbocycles. The molecule has 0 radical (unpaired) electrons. The Kier molecular flexibility index (Phi) is 5.19. The summed E-state index contributed by atoms with van der Waals surface area (Å²) in [5, 5.41) is 24.4. The van der Waals surface area contributed by atoms with Crippen LogP contribution in [-0.4, -0.2) is 49.5 Å². The molecule has 4 N–H and O–H groups in total. The minimum absolute atomic E-state index is 0.00163. The number of fused-ring (bicyclic) bond motifs is 1. The van der Waals surface area contributed by atoms with Crippen molar-refractivity contribution >= 4 is 22.9 Å². The van der Waals surface area contributed by atoms with E-state index in [2.05, 4.69) is 25.6 Å². The van der Waals surface area contributed by atoms with E-state index in [4.69, 9.17) is 5.11 Å². The second-order valence-electron chi connectivity index (χ2n) is 5.22. The van der Waals surface area contributed by atoms with Gasteiger partial charge in [-0.25, -0.2) is 4.98 Å². The fraction of sp³-hybridized carbons (Fsp3) is 0.312. The minimum atomic E-state index is -0.00984. The van der Waals surface area contributed by atoms with Crippen LogP contribution in [0.25, 0.3) is 11.2 Å². The summed E-state index contributed by atoms with van der Waals surface area (Å²) < 4.78 is 1.77. The van der Waals surface area contributed by atoms with Crippen molar-refractivity contribution < 1.29 is 10.2 Å². The van der Waals surface area contributed by atoms with Gasteiger partial charge in [0.2, 0.25) is 5.95 Å². The van der Waals surface area contributed by atoms with Gasteiger partial charge in [-0.2, -0.15) is 9.97 Å². The number of nitrogens with zero attached hydrogens (tertiary/aromatic N) is 4. The molecule has 0 aliphatic carbocycles. The summed E-state index contributed by atoms with van der Waals surface area (Å²) in [5.41, 5.74) is 2.41. The highest BCUT2D eigenvalue weighted by Crippen LogP contribution is 2.21. The van der Waals surface area contributed by atoms with E-state index >= 15 is 0 Å². The molecule has 8 heteroatoms. The van der Waals surface area contributed by atoms with E-state index in [0.717, 1.165) is 5.56 Å². The van der Waals surface area contributed by atoms with Crippen LogP contribution >= 0.6 is 0 Å². The highest BCUT2D eigenvalue weighted by molar-refractivity contribution is 5.84. The SMILES string of the molecule is OCCNc1nc(NCc2ccccc2)c2ncn(CCO)c2n1. The summed E-state index contributed by atoms with van der Waals surface area (Å²) in [6, 6.07) is 9.99. The lowest BCUT2D eigenvalue weighted by Gasteiger charge is -2.10. The van der Waals surface area contributed by atoms with Gasteiger partial charge >= 0.3 is 0 Å². The van der Waals surface area contributed by atoms with Crippen LogP contribution in [0.3, 0.4) is 0 Å². The molecule has 126 valence electrons. The first-order valence-corrected chi connectivity index (χ1v) is 7.78. The smallest absolute Gasteiger partial charge is 0.226 e. The van der Waals surface area contributed by atoms with Crippen LogP contribution in [0.15, 0.2) is 36.7 Å². The summed E-state index contributed by atoms with van der Waals surface area (Å²) in [7, 11) is 0. The Hall–Kier alpha value is -2.71. The van der Waals surface area contributed by atoms with E-state index in [1.165, 1.54) is 0 Å². The number of benzene rings is 1. The minimum Gasteiger partial charge on any atom is -0.395 e. The van der Waals surface area contributed by atoms with Crippen LogP contribution in [0.4, 0.5) is 11.8 Å². The van der Waals surface area contributed by atoms with Gasteiger partial charge < -0.3 is 25.4 Å². The Labute approximate surface area is 139 Å². The van der Waals surface area contributed by atoms with Crippen LogP contribution < -0.4 is 10.6 Å². The quantitative estimate of drug-likeness (QED) is 0.485. The number of anilines is 2. The third-order valence-corrected chi connectivity index (χ3v) is 3.50. The molecule has 24 heavy (non-hydrogen) atoms. The number of hydrogen-bond donors (Lipinski definition) is 4. The van der Waals surface area contributed by atoms with Crippen molar-refractivity contribution in [3.8, 4) is 0 Å². The number of hydrogen-bond acceptors (Lipinski definition) is 7. The number of imidazole rings is 1. The van der Waals surface area contributed by atoms with Gasteiger partial charge in [0.1, 0.15) is 0 Å². The first kappa shape index (κ1) is 16.2. The summed E-state index contributed by atoms with van der Waals surface area (Å²) in [6.07, 6.45) is 1.64. The third-order valence-electron chi connectivity index (χ3n) is 3.50. The second-order valence-corrected chi connectivity index (χ2v) is 5.22. The Morgan fingerprint density at radius 1 is 1.00 bits per heavy atom. The molecule has 0 aliphatic rings. The summed E-state index contributed by atoms with van der Waals surface area (Å²) in [5.74, 6) is 1.02. The molecule has 0 spiro atoms. The Morgan fingerprint density at radius 2 is 1.83 bits per heavy atom. The third kappa shape index (κ3) is 3.61. The largest absolute Gasteiger partial charge is 0.395 e. The fourth-order valence-corrected chi connectivity index (χ4v) is 2.37. The molecule has 3 aromatic rings. The van der Waals surface area contributed by atoms with Gasteiger partial charge in [0.25, 0.3) is 0 Å². The van der Waals surface area contributed by atoms with Crippen molar-refractivity contribution in [2.45, 2.75) is 13.1 Å². The van der Waals surface area contributed by atoms with E-state index in [1.54, 1.807) is 10.9 Å². The molecule has 0 saturated carbocycles. The lowest BCUT2D eigenvalue weighted by molar-refractivity contribution is 0.277. The lowest BCUT2D eigenvalue weighted by Crippen LogP contribution is -2.12. The van der Waals surface area contributed by atoms with Gasteiger partial charge in [0, 0.05) is 19.6 Å². The van der Waals surface area contributed by atoms with E-state index < -0.39 is 0 Å². The maximum absolute atomic E-state index is 9.17. The molecule has 8 nitrogen and oxygen atoms in total. The summed E-state index contributed by atoms with van der Waals surface area (Å²) >= 11 is 0. The zero-order chi connectivity index (χ0) is 16.8. The van der Waals surface area contributed by atoms with E-state index in [1.807, 2.05) is 30.3 Å². The van der Waals surface area contributed by atoms with Crippen molar-refractivity contribution in [3.05, 3.63) is 42.2 Å². The summed E-state index contributed by atoms with van der Waals surface area (Å²) in [4.78, 5) is 13.2. The normalized spacial score (nSPS) is 10.9. The van der Waals surface area contributed by atoms with Crippen LogP contribution in [-0.2, 0) is 13.1 Å². The molecule has 0 unspecified atom stereocenters. The first-order chi connectivity index (χ1) is 11.8. The van der Waals surface area contributed by atoms with Crippen molar-refractivity contribution in [2.24, 2.45) is 0 Å². The number of aliphatic hydroxyl groups is 2. The monoisotopic (exact) mass is 328 g/mol. The van der Waals surface area contributed by atoms with Gasteiger partial charge in [-0.05, 0) is 5.56 Å². The molecule has 0 aliphatic heterocycles. The predicted molar refractivity (Wildman–Crippen MR) is 91.8 cm³/mol. The van der Waals surface area contributed by atoms with Gasteiger partial charge in [0.05, 0.1) is 19.5 Å². The fourth-order valence-electron chi connectivity index (χ4n) is 2.37. The zero-order valence-corrected chi connectivity index (χ0v) is 13.2. The van der Waals surface area contributed by atoms with Crippen molar-refractivity contribution in [1.82, 2.24) is 19.5 Å². The topological polar surface area (TPSA) is 108 Å². The number of rotatable bonds is 8. The molecule has 0 amide bonds. The molecule has 2 heterocycles. The van der Waals surface area contributed by atoms with E-state index in [-0.39, 0.29) is 13.2 Å². The maximum Gasteiger partial charge on any atom is 0.226 e. The molecular formula is C16H20N6O2. The van der Waals surface area contributed by atoms with Crippen molar-refractivity contribution in [1.29, 1.82) is 0 Å². The van der Waals surface area contributed by atoms with E-state index in [9.17, 15) is 5.11 Å². The van der Waals surface area contributed by atoms with Gasteiger partial charge in [-0.1, -0.05) is 30.3 Å². The van der Waals surface area contributed by atoms with Gasteiger partial charge in [0.15, 0.2) is 17.0 Å². The number of aliphatic hydroxyl groups excluding tert-OH is 2. The van der Waals surface area contributed by atoms with Crippen molar-refractivity contribution in [2.75, 3.05) is 30.4 Å². The highest BCUT2D eigenvalue weighted by Gasteiger charge is 2.13. The van der Waals surface area contributed by atoms with E-state index in [0.29, 0.717) is 42.6 Å². The Bertz CT molecular complexity index is 790. The molecular weight excluding hydrogens is 308 g/mol. The zero-order valence-electron chi connectivity index (χ0n) is 13.2.